The summed E-state index contributed by atoms with van der Waals surface area (Å²) < 4.78 is 0. The number of aryl methyl sites for hydroxylation is 1. The lowest BCUT2D eigenvalue weighted by Gasteiger charge is -2.35. The fourth-order valence-electron chi connectivity index (χ4n) is 2.76. The Kier molecular flexibility index (Phi) is 4.42. The normalized spacial score (nSPS) is 18.2. The van der Waals surface area contributed by atoms with Crippen molar-refractivity contribution in [3.63, 3.8) is 0 Å². The minimum Gasteiger partial charge on any atom is -0.398 e. The lowest BCUT2D eigenvalue weighted by atomic mass is 10.0. The molecule has 0 aromatic carbocycles. The number of pyridine rings is 1. The largest absolute Gasteiger partial charge is 0.398 e. The molecule has 0 spiro atoms. The van der Waals surface area contributed by atoms with Gasteiger partial charge in [-0.25, -0.2) is 0 Å². The number of nitrogens with two attached hydrogens (primary N) is 1. The van der Waals surface area contributed by atoms with Crippen molar-refractivity contribution in [3.8, 4) is 0 Å². The van der Waals surface area contributed by atoms with E-state index in [9.17, 15) is 0 Å². The Balaban J connectivity index is 1.98. The zero-order valence-electron chi connectivity index (χ0n) is 12.6. The Morgan fingerprint density at radius 1 is 1.32 bits per heavy atom. The summed E-state index contributed by atoms with van der Waals surface area (Å²) in [6.45, 7) is 7.32. The van der Waals surface area contributed by atoms with Gasteiger partial charge in [-0.15, -0.1) is 0 Å². The third-order valence-corrected chi connectivity index (χ3v) is 4.34. The van der Waals surface area contributed by atoms with Gasteiger partial charge in [0.15, 0.2) is 0 Å². The molecule has 0 aliphatic carbocycles. The maximum Gasteiger partial charge on any atom is 0.0593 e. The van der Waals surface area contributed by atoms with Gasteiger partial charge in [0.05, 0.1) is 5.69 Å². The lowest BCUT2D eigenvalue weighted by molar-refractivity contribution is 0.139. The molecule has 4 heteroatoms. The molecule has 1 aromatic rings. The Morgan fingerprint density at radius 3 is 2.53 bits per heavy atom. The van der Waals surface area contributed by atoms with Crippen LogP contribution >= 0.6 is 0 Å². The average Bonchev–Trinajstić information content (AvgIpc) is 2.40. The van der Waals surface area contributed by atoms with E-state index in [-0.39, 0.29) is 0 Å². The van der Waals surface area contributed by atoms with Gasteiger partial charge in [0, 0.05) is 37.6 Å². The quantitative estimate of drug-likeness (QED) is 0.902. The predicted molar refractivity (Wildman–Crippen MR) is 80.1 cm³/mol. The fraction of sp³-hybridized carbons (Fsp3) is 0.667. The molecule has 0 unspecified atom stereocenters. The maximum atomic E-state index is 6.08. The smallest absolute Gasteiger partial charge is 0.0593 e. The predicted octanol–water partition coefficient (Wildman–Crippen LogP) is 1.81. The molecule has 4 nitrogen and oxygen atoms in total. The Labute approximate surface area is 116 Å². The molecule has 0 atom stereocenters. The first-order valence-electron chi connectivity index (χ1n) is 7.08. The van der Waals surface area contributed by atoms with E-state index >= 15 is 0 Å². The molecule has 2 N–H and O–H groups in total. The third-order valence-electron chi connectivity index (χ3n) is 4.34. The molecule has 2 rings (SSSR count). The van der Waals surface area contributed by atoms with E-state index in [2.05, 4.69) is 35.8 Å². The zero-order chi connectivity index (χ0) is 14.0. The van der Waals surface area contributed by atoms with Crippen LogP contribution in [0.5, 0.6) is 0 Å². The minimum absolute atomic E-state index is 0.730. The van der Waals surface area contributed by atoms with Gasteiger partial charge in [-0.2, -0.15) is 0 Å². The Morgan fingerprint density at radius 2 is 1.95 bits per heavy atom. The summed E-state index contributed by atoms with van der Waals surface area (Å²) in [5.41, 5.74) is 10.3. The average molecular weight is 262 g/mol. The molecular formula is C15H26N4. The van der Waals surface area contributed by atoms with Gasteiger partial charge in [-0.05, 0) is 51.9 Å². The van der Waals surface area contributed by atoms with E-state index in [0.717, 1.165) is 48.2 Å². The van der Waals surface area contributed by atoms with Crippen LogP contribution in [0.25, 0.3) is 0 Å². The summed E-state index contributed by atoms with van der Waals surface area (Å²) >= 11 is 0. The van der Waals surface area contributed by atoms with Crippen LogP contribution in [0, 0.1) is 13.8 Å². The first kappa shape index (κ1) is 14.3. The first-order chi connectivity index (χ1) is 8.99. The van der Waals surface area contributed by atoms with Crippen molar-refractivity contribution in [2.45, 2.75) is 39.3 Å². The summed E-state index contributed by atoms with van der Waals surface area (Å²) in [4.78, 5) is 9.38. The molecule has 0 radical (unpaired) electrons. The number of nitrogens with zero attached hydrogens (tertiary/aromatic N) is 3. The Hall–Kier alpha value is -1.13. The van der Waals surface area contributed by atoms with E-state index in [1.807, 2.05) is 13.1 Å². The molecule has 0 amide bonds. The van der Waals surface area contributed by atoms with Gasteiger partial charge in [-0.1, -0.05) is 0 Å². The van der Waals surface area contributed by atoms with Crippen LogP contribution in [0.1, 0.15) is 29.7 Å². The highest BCUT2D eigenvalue weighted by atomic mass is 15.2. The second-order valence-electron chi connectivity index (χ2n) is 5.90. The van der Waals surface area contributed by atoms with Gasteiger partial charge in [0.25, 0.3) is 0 Å². The number of piperidine rings is 1. The second kappa shape index (κ2) is 5.88. The van der Waals surface area contributed by atoms with Crippen molar-refractivity contribution in [1.82, 2.24) is 14.8 Å². The highest BCUT2D eigenvalue weighted by molar-refractivity contribution is 5.53. The zero-order valence-corrected chi connectivity index (χ0v) is 12.6. The molecular weight excluding hydrogens is 236 g/mol. The standard InChI is InChI=1S/C15H26N4/c1-11-9-17-14(12(2)15(11)16)10-19-7-5-13(6-8-19)18(3)4/h9,13H,5-8,10H2,1-4H3,(H2,16,17). The van der Waals surface area contributed by atoms with Crippen molar-refractivity contribution in [1.29, 1.82) is 0 Å². The number of aromatic nitrogens is 1. The van der Waals surface area contributed by atoms with Crippen molar-refractivity contribution >= 4 is 5.69 Å². The molecule has 1 aliphatic rings. The number of anilines is 1. The van der Waals surface area contributed by atoms with Crippen molar-refractivity contribution in [2.24, 2.45) is 0 Å². The molecule has 106 valence electrons. The molecule has 1 fully saturated rings. The van der Waals surface area contributed by atoms with E-state index < -0.39 is 0 Å². The van der Waals surface area contributed by atoms with Crippen LogP contribution in [0.15, 0.2) is 6.20 Å². The van der Waals surface area contributed by atoms with Gasteiger partial charge < -0.3 is 10.6 Å². The van der Waals surface area contributed by atoms with E-state index in [1.165, 1.54) is 12.8 Å². The van der Waals surface area contributed by atoms with Gasteiger partial charge in [0.2, 0.25) is 0 Å². The molecule has 2 heterocycles. The van der Waals surface area contributed by atoms with Crippen molar-refractivity contribution in [2.75, 3.05) is 32.9 Å². The van der Waals surface area contributed by atoms with Gasteiger partial charge >= 0.3 is 0 Å². The van der Waals surface area contributed by atoms with Crippen LogP contribution < -0.4 is 5.73 Å². The number of hydrogen-bond acceptors (Lipinski definition) is 4. The van der Waals surface area contributed by atoms with E-state index in [4.69, 9.17) is 5.73 Å². The summed E-state index contributed by atoms with van der Waals surface area (Å²) in [5, 5.41) is 0. The number of hydrogen-bond donors (Lipinski definition) is 1. The molecule has 0 bridgehead atoms. The molecule has 1 aromatic heterocycles. The van der Waals surface area contributed by atoms with Crippen molar-refractivity contribution < 1.29 is 0 Å². The van der Waals surface area contributed by atoms with Crippen LogP contribution in [0.4, 0.5) is 5.69 Å². The summed E-state index contributed by atoms with van der Waals surface area (Å²) in [5.74, 6) is 0. The Bertz CT molecular complexity index is 434. The number of rotatable bonds is 3. The van der Waals surface area contributed by atoms with E-state index in [1.54, 1.807) is 0 Å². The lowest BCUT2D eigenvalue weighted by Crippen LogP contribution is -2.41. The van der Waals surface area contributed by atoms with Crippen LogP contribution in [0.2, 0.25) is 0 Å². The minimum atomic E-state index is 0.730. The van der Waals surface area contributed by atoms with Crippen LogP contribution in [-0.4, -0.2) is 48.0 Å². The molecule has 19 heavy (non-hydrogen) atoms. The summed E-state index contributed by atoms with van der Waals surface area (Å²) in [7, 11) is 4.35. The monoisotopic (exact) mass is 262 g/mol. The van der Waals surface area contributed by atoms with Gasteiger partial charge in [-0.3, -0.25) is 9.88 Å². The maximum absolute atomic E-state index is 6.08. The van der Waals surface area contributed by atoms with Gasteiger partial charge in [0.1, 0.15) is 0 Å². The molecule has 1 aliphatic heterocycles. The SMILES string of the molecule is Cc1cnc(CN2CCC(N(C)C)CC2)c(C)c1N. The van der Waals surface area contributed by atoms with Crippen LogP contribution in [-0.2, 0) is 6.54 Å². The van der Waals surface area contributed by atoms with E-state index in [0.29, 0.717) is 0 Å². The van der Waals surface area contributed by atoms with Crippen molar-refractivity contribution in [3.05, 3.63) is 23.0 Å². The van der Waals surface area contributed by atoms with Crippen LogP contribution in [0.3, 0.4) is 0 Å². The number of likely N-dealkylation sites (tertiary alicyclic amines) is 1. The second-order valence-corrected chi connectivity index (χ2v) is 5.90. The highest BCUT2D eigenvalue weighted by Gasteiger charge is 2.21. The molecule has 1 saturated heterocycles. The summed E-state index contributed by atoms with van der Waals surface area (Å²) in [6.07, 6.45) is 4.38. The first-order valence-corrected chi connectivity index (χ1v) is 7.08. The summed E-state index contributed by atoms with van der Waals surface area (Å²) in [6, 6.07) is 0.730. The highest BCUT2D eigenvalue weighted by Crippen LogP contribution is 2.21. The number of nitrogen functional groups attached to an aromatic ring is 1. The fourth-order valence-corrected chi connectivity index (χ4v) is 2.76. The topological polar surface area (TPSA) is 45.4 Å². The third kappa shape index (κ3) is 3.25. The molecule has 0 saturated carbocycles.